The van der Waals surface area contributed by atoms with Crippen LogP contribution in [0.2, 0.25) is 0 Å². The van der Waals surface area contributed by atoms with E-state index < -0.39 is 11.9 Å². The summed E-state index contributed by atoms with van der Waals surface area (Å²) in [5.74, 6) is -1.63. The lowest BCUT2D eigenvalue weighted by molar-refractivity contribution is -0.113. The molecular formula is C9H10ClNO3S. The smallest absolute Gasteiger partial charge is 0.338 e. The maximum Gasteiger partial charge on any atom is 0.338 e. The van der Waals surface area contributed by atoms with Crippen LogP contribution in [-0.4, -0.2) is 22.9 Å². The van der Waals surface area contributed by atoms with E-state index in [1.165, 1.54) is 11.3 Å². The topological polar surface area (TPSA) is 66.4 Å². The molecule has 0 radical (unpaired) electrons. The molecule has 0 atom stereocenters. The number of alkyl halides is 1. The lowest BCUT2D eigenvalue weighted by Crippen LogP contribution is -2.13. The second-order valence-corrected chi connectivity index (χ2v) is 4.20. The number of rotatable bonds is 4. The van der Waals surface area contributed by atoms with Crippen LogP contribution in [0.1, 0.15) is 22.2 Å². The summed E-state index contributed by atoms with van der Waals surface area (Å²) < 4.78 is 0. The fourth-order valence-electron chi connectivity index (χ4n) is 1.03. The second kappa shape index (κ2) is 5.14. The number of hydrogen-bond donors (Lipinski definition) is 2. The zero-order valence-electron chi connectivity index (χ0n) is 8.04. The Labute approximate surface area is 95.9 Å². The van der Waals surface area contributed by atoms with Gasteiger partial charge in [0.15, 0.2) is 0 Å². The largest absolute Gasteiger partial charge is 0.478 e. The molecule has 0 spiro atoms. The molecule has 0 saturated carbocycles. The van der Waals surface area contributed by atoms with Gasteiger partial charge in [-0.25, -0.2) is 4.79 Å². The van der Waals surface area contributed by atoms with Crippen LogP contribution in [0, 0.1) is 0 Å². The van der Waals surface area contributed by atoms with E-state index in [1.54, 1.807) is 6.07 Å². The molecule has 6 heteroatoms. The predicted molar refractivity (Wildman–Crippen MR) is 60.0 cm³/mol. The fourth-order valence-corrected chi connectivity index (χ4v) is 2.10. The van der Waals surface area contributed by atoms with Crippen molar-refractivity contribution in [2.75, 3.05) is 11.2 Å². The van der Waals surface area contributed by atoms with Crippen molar-refractivity contribution < 1.29 is 14.7 Å². The Balaban J connectivity index is 2.98. The van der Waals surface area contributed by atoms with Gasteiger partial charge in [-0.3, -0.25) is 4.79 Å². The van der Waals surface area contributed by atoms with Crippen LogP contribution in [-0.2, 0) is 11.2 Å². The minimum Gasteiger partial charge on any atom is -0.478 e. The molecule has 0 aliphatic rings. The third kappa shape index (κ3) is 2.94. The quantitative estimate of drug-likeness (QED) is 0.802. The molecule has 1 aromatic heterocycles. The van der Waals surface area contributed by atoms with Crippen molar-refractivity contribution in [3.05, 3.63) is 16.5 Å². The van der Waals surface area contributed by atoms with Gasteiger partial charge in [-0.05, 0) is 12.5 Å². The van der Waals surface area contributed by atoms with E-state index in [0.717, 1.165) is 11.3 Å². The van der Waals surface area contributed by atoms with Gasteiger partial charge in [0.25, 0.3) is 0 Å². The van der Waals surface area contributed by atoms with Gasteiger partial charge in [0, 0.05) is 4.88 Å². The third-order valence-electron chi connectivity index (χ3n) is 1.74. The van der Waals surface area contributed by atoms with Gasteiger partial charge in [-0.15, -0.1) is 22.9 Å². The number of amides is 1. The van der Waals surface area contributed by atoms with E-state index in [2.05, 4.69) is 5.32 Å². The summed E-state index contributed by atoms with van der Waals surface area (Å²) >= 11 is 6.58. The first kappa shape index (κ1) is 12.0. The highest BCUT2D eigenvalue weighted by atomic mass is 35.5. The van der Waals surface area contributed by atoms with Crippen molar-refractivity contribution in [1.29, 1.82) is 0 Å². The molecule has 4 nitrogen and oxygen atoms in total. The van der Waals surface area contributed by atoms with Gasteiger partial charge >= 0.3 is 5.97 Å². The molecule has 0 aromatic carbocycles. The van der Waals surface area contributed by atoms with Gasteiger partial charge in [0.05, 0.1) is 5.56 Å². The molecule has 0 aliphatic heterocycles. The molecule has 15 heavy (non-hydrogen) atoms. The van der Waals surface area contributed by atoms with E-state index in [0.29, 0.717) is 5.00 Å². The van der Waals surface area contributed by atoms with Crippen LogP contribution in [0.25, 0.3) is 0 Å². The van der Waals surface area contributed by atoms with Crippen molar-refractivity contribution in [2.24, 2.45) is 0 Å². The number of hydrogen-bond acceptors (Lipinski definition) is 3. The minimum absolute atomic E-state index is 0.121. The average Bonchev–Trinajstić information content (AvgIpc) is 2.61. The number of carbonyl (C=O) groups excluding carboxylic acids is 1. The monoisotopic (exact) mass is 247 g/mol. The number of carbonyl (C=O) groups is 2. The van der Waals surface area contributed by atoms with Gasteiger partial charge in [0.2, 0.25) is 5.91 Å². The summed E-state index contributed by atoms with van der Waals surface area (Å²) in [7, 11) is 0. The van der Waals surface area contributed by atoms with Gasteiger partial charge in [-0.1, -0.05) is 6.92 Å². The van der Waals surface area contributed by atoms with Crippen molar-refractivity contribution in [2.45, 2.75) is 13.3 Å². The first-order valence-corrected chi connectivity index (χ1v) is 5.65. The molecule has 82 valence electrons. The molecule has 1 rings (SSSR count). The number of anilines is 1. The van der Waals surface area contributed by atoms with Gasteiger partial charge in [0.1, 0.15) is 10.9 Å². The van der Waals surface area contributed by atoms with Crippen LogP contribution in [0.5, 0.6) is 0 Å². The van der Waals surface area contributed by atoms with Crippen LogP contribution in [0.4, 0.5) is 5.00 Å². The zero-order valence-corrected chi connectivity index (χ0v) is 9.61. The predicted octanol–water partition coefficient (Wildman–Crippen LogP) is 2.19. The Kier molecular flexibility index (Phi) is 4.11. The Hall–Kier alpha value is -1.07. The van der Waals surface area contributed by atoms with E-state index >= 15 is 0 Å². The molecule has 1 aromatic rings. The summed E-state index contributed by atoms with van der Waals surface area (Å²) in [6.45, 7) is 1.92. The molecule has 0 saturated heterocycles. The SMILES string of the molecule is CCc1cc(C(=O)O)c(NC(=O)CCl)s1. The summed E-state index contributed by atoms with van der Waals surface area (Å²) in [5, 5.41) is 11.7. The number of nitrogens with one attached hydrogen (secondary N) is 1. The number of aryl methyl sites for hydroxylation is 1. The molecule has 2 N–H and O–H groups in total. The number of carboxylic acid groups (broad SMARTS) is 1. The number of thiophene rings is 1. The van der Waals surface area contributed by atoms with Crippen LogP contribution in [0.3, 0.4) is 0 Å². The maximum absolute atomic E-state index is 11.0. The van der Waals surface area contributed by atoms with Crippen LogP contribution >= 0.6 is 22.9 Å². The Bertz CT molecular complexity index is 389. The molecule has 1 heterocycles. The van der Waals surface area contributed by atoms with Crippen LogP contribution in [0.15, 0.2) is 6.07 Å². The van der Waals surface area contributed by atoms with Gasteiger partial charge < -0.3 is 10.4 Å². The molecule has 1 amide bonds. The normalized spacial score (nSPS) is 10.0. The maximum atomic E-state index is 11.0. The first-order chi connectivity index (χ1) is 7.08. The molecule has 0 fully saturated rings. The molecule has 0 unspecified atom stereocenters. The Morgan fingerprint density at radius 1 is 1.60 bits per heavy atom. The summed E-state index contributed by atoms with van der Waals surface area (Å²) in [4.78, 5) is 22.8. The van der Waals surface area contributed by atoms with Crippen LogP contribution < -0.4 is 5.32 Å². The second-order valence-electron chi connectivity index (χ2n) is 2.80. The first-order valence-electron chi connectivity index (χ1n) is 4.30. The summed E-state index contributed by atoms with van der Waals surface area (Å²) in [6, 6.07) is 1.57. The highest BCUT2D eigenvalue weighted by Crippen LogP contribution is 2.28. The van der Waals surface area contributed by atoms with E-state index in [-0.39, 0.29) is 11.4 Å². The molecule has 0 aliphatic carbocycles. The highest BCUT2D eigenvalue weighted by Gasteiger charge is 2.16. The van der Waals surface area contributed by atoms with E-state index in [9.17, 15) is 9.59 Å². The third-order valence-corrected chi connectivity index (χ3v) is 3.17. The molecule has 0 bridgehead atoms. The standard InChI is InChI=1S/C9H10ClNO3S/c1-2-5-3-6(9(13)14)8(15-5)11-7(12)4-10/h3H,2,4H2,1H3,(H,11,12)(H,13,14). The number of carboxylic acids is 1. The van der Waals surface area contributed by atoms with Crippen molar-refractivity contribution in [1.82, 2.24) is 0 Å². The summed E-state index contributed by atoms with van der Waals surface area (Å²) in [6.07, 6.45) is 0.738. The lowest BCUT2D eigenvalue weighted by Gasteiger charge is -2.00. The minimum atomic E-state index is -1.05. The zero-order chi connectivity index (χ0) is 11.4. The van der Waals surface area contributed by atoms with Crippen molar-refractivity contribution >= 4 is 39.8 Å². The van der Waals surface area contributed by atoms with E-state index in [1.807, 2.05) is 6.92 Å². The number of aromatic carboxylic acids is 1. The van der Waals surface area contributed by atoms with Crippen molar-refractivity contribution in [3.8, 4) is 0 Å². The Morgan fingerprint density at radius 2 is 2.27 bits per heavy atom. The Morgan fingerprint density at radius 3 is 2.73 bits per heavy atom. The van der Waals surface area contributed by atoms with E-state index in [4.69, 9.17) is 16.7 Å². The summed E-state index contributed by atoms with van der Waals surface area (Å²) in [5.41, 5.74) is 0.121. The highest BCUT2D eigenvalue weighted by molar-refractivity contribution is 7.16. The fraction of sp³-hybridized carbons (Fsp3) is 0.333. The molecular weight excluding hydrogens is 238 g/mol. The number of halogens is 1. The lowest BCUT2D eigenvalue weighted by atomic mass is 10.2. The van der Waals surface area contributed by atoms with Crippen molar-refractivity contribution in [3.63, 3.8) is 0 Å². The van der Waals surface area contributed by atoms with Gasteiger partial charge in [-0.2, -0.15) is 0 Å². The average molecular weight is 248 g/mol.